The highest BCUT2D eigenvalue weighted by atomic mass is 32.1. The highest BCUT2D eigenvalue weighted by Crippen LogP contribution is 2.20. The second kappa shape index (κ2) is 7.78. The van der Waals surface area contributed by atoms with E-state index in [2.05, 4.69) is 56.3 Å². The van der Waals surface area contributed by atoms with Gasteiger partial charge in [0.25, 0.3) is 0 Å². The third kappa shape index (κ3) is 4.56. The molecule has 6 nitrogen and oxygen atoms in total. The van der Waals surface area contributed by atoms with Gasteiger partial charge >= 0.3 is 6.01 Å². The standard InChI is InChI=1S/C14H21N5OS/c1-4-7-15-12-17-13(19-14(18-12)20-5-2)16-10(3)11-6-8-21-9-11/h6,8-10H,4-5,7H2,1-3H3,(H2,15,16,17,18,19). The summed E-state index contributed by atoms with van der Waals surface area (Å²) in [5.74, 6) is 1.06. The van der Waals surface area contributed by atoms with E-state index in [0.717, 1.165) is 13.0 Å². The number of nitrogens with zero attached hydrogens (tertiary/aromatic N) is 3. The van der Waals surface area contributed by atoms with Crippen LogP contribution in [0.5, 0.6) is 6.01 Å². The predicted molar refractivity (Wildman–Crippen MR) is 86.1 cm³/mol. The molecule has 2 aromatic heterocycles. The van der Waals surface area contributed by atoms with Crippen LogP contribution in [0, 0.1) is 0 Å². The smallest absolute Gasteiger partial charge is 0.323 e. The molecule has 0 saturated heterocycles. The van der Waals surface area contributed by atoms with Gasteiger partial charge in [-0.3, -0.25) is 0 Å². The van der Waals surface area contributed by atoms with Crippen LogP contribution in [0.15, 0.2) is 16.8 Å². The molecule has 2 heterocycles. The van der Waals surface area contributed by atoms with Gasteiger partial charge in [-0.2, -0.15) is 26.3 Å². The molecule has 21 heavy (non-hydrogen) atoms. The maximum absolute atomic E-state index is 5.40. The summed E-state index contributed by atoms with van der Waals surface area (Å²) in [4.78, 5) is 12.9. The zero-order chi connectivity index (χ0) is 15.1. The second-order valence-corrected chi connectivity index (χ2v) is 5.33. The van der Waals surface area contributed by atoms with Crippen LogP contribution in [-0.2, 0) is 0 Å². The Morgan fingerprint density at radius 2 is 2.05 bits per heavy atom. The van der Waals surface area contributed by atoms with Crippen LogP contribution < -0.4 is 15.4 Å². The maximum atomic E-state index is 5.40. The van der Waals surface area contributed by atoms with Crippen LogP contribution in [0.25, 0.3) is 0 Å². The van der Waals surface area contributed by atoms with Crippen molar-refractivity contribution in [2.75, 3.05) is 23.8 Å². The summed E-state index contributed by atoms with van der Waals surface area (Å²) < 4.78 is 5.40. The lowest BCUT2D eigenvalue weighted by Gasteiger charge is -2.14. The summed E-state index contributed by atoms with van der Waals surface area (Å²) in [5, 5.41) is 10.6. The normalized spacial score (nSPS) is 12.0. The minimum Gasteiger partial charge on any atom is -0.464 e. The summed E-state index contributed by atoms with van der Waals surface area (Å²) in [7, 11) is 0. The lowest BCUT2D eigenvalue weighted by Crippen LogP contribution is -2.13. The Labute approximate surface area is 129 Å². The van der Waals surface area contributed by atoms with E-state index in [0.29, 0.717) is 24.5 Å². The van der Waals surface area contributed by atoms with Crippen molar-refractivity contribution in [1.29, 1.82) is 0 Å². The Morgan fingerprint density at radius 1 is 1.24 bits per heavy atom. The van der Waals surface area contributed by atoms with Crippen LogP contribution in [0.4, 0.5) is 11.9 Å². The Balaban J connectivity index is 2.14. The van der Waals surface area contributed by atoms with Crippen molar-refractivity contribution in [3.8, 4) is 6.01 Å². The van der Waals surface area contributed by atoms with Gasteiger partial charge in [0.15, 0.2) is 0 Å². The zero-order valence-corrected chi connectivity index (χ0v) is 13.4. The summed E-state index contributed by atoms with van der Waals surface area (Å²) in [5.41, 5.74) is 1.21. The van der Waals surface area contributed by atoms with E-state index in [1.807, 2.05) is 6.92 Å². The summed E-state index contributed by atoms with van der Waals surface area (Å²) in [6.45, 7) is 7.41. The first-order valence-corrected chi connectivity index (χ1v) is 8.08. The van der Waals surface area contributed by atoms with E-state index < -0.39 is 0 Å². The minimum absolute atomic E-state index is 0.132. The summed E-state index contributed by atoms with van der Waals surface area (Å²) in [6.07, 6.45) is 1.00. The molecule has 0 aliphatic rings. The van der Waals surface area contributed by atoms with Crippen LogP contribution in [0.1, 0.15) is 38.8 Å². The second-order valence-electron chi connectivity index (χ2n) is 4.55. The van der Waals surface area contributed by atoms with Crippen molar-refractivity contribution in [3.63, 3.8) is 0 Å². The van der Waals surface area contributed by atoms with E-state index in [4.69, 9.17) is 4.74 Å². The molecule has 2 aromatic rings. The third-order valence-corrected chi connectivity index (χ3v) is 3.51. The van der Waals surface area contributed by atoms with Gasteiger partial charge < -0.3 is 15.4 Å². The fraction of sp³-hybridized carbons (Fsp3) is 0.500. The molecule has 114 valence electrons. The highest BCUT2D eigenvalue weighted by Gasteiger charge is 2.11. The zero-order valence-electron chi connectivity index (χ0n) is 12.6. The molecule has 0 radical (unpaired) electrons. The van der Waals surface area contributed by atoms with Crippen molar-refractivity contribution in [1.82, 2.24) is 15.0 Å². The van der Waals surface area contributed by atoms with Gasteiger partial charge in [0.2, 0.25) is 11.9 Å². The van der Waals surface area contributed by atoms with Crippen molar-refractivity contribution >= 4 is 23.2 Å². The van der Waals surface area contributed by atoms with Crippen molar-refractivity contribution in [3.05, 3.63) is 22.4 Å². The average Bonchev–Trinajstić information content (AvgIpc) is 2.99. The first-order valence-electron chi connectivity index (χ1n) is 7.14. The maximum Gasteiger partial charge on any atom is 0.323 e. The average molecular weight is 307 g/mol. The van der Waals surface area contributed by atoms with E-state index >= 15 is 0 Å². The number of thiophene rings is 1. The molecule has 0 saturated carbocycles. The van der Waals surface area contributed by atoms with Crippen LogP contribution in [-0.4, -0.2) is 28.1 Å². The molecule has 2 N–H and O–H groups in total. The molecule has 0 aromatic carbocycles. The minimum atomic E-state index is 0.132. The molecule has 0 fully saturated rings. The molecular weight excluding hydrogens is 286 g/mol. The van der Waals surface area contributed by atoms with E-state index in [-0.39, 0.29) is 6.04 Å². The SMILES string of the molecule is CCCNc1nc(NC(C)c2ccsc2)nc(OCC)n1. The Hall–Kier alpha value is -1.89. The first-order chi connectivity index (χ1) is 10.2. The Bertz CT molecular complexity index is 546. The van der Waals surface area contributed by atoms with Crippen molar-refractivity contribution in [2.45, 2.75) is 33.2 Å². The first kappa shape index (κ1) is 15.5. The molecule has 0 aliphatic carbocycles. The van der Waals surface area contributed by atoms with Gasteiger partial charge in [0.05, 0.1) is 12.6 Å². The van der Waals surface area contributed by atoms with E-state index in [9.17, 15) is 0 Å². The number of hydrogen-bond donors (Lipinski definition) is 2. The van der Waals surface area contributed by atoms with Gasteiger partial charge in [-0.15, -0.1) is 0 Å². The quantitative estimate of drug-likeness (QED) is 0.779. The number of aromatic nitrogens is 3. The third-order valence-electron chi connectivity index (χ3n) is 2.81. The van der Waals surface area contributed by atoms with Gasteiger partial charge in [0, 0.05) is 6.54 Å². The number of hydrogen-bond acceptors (Lipinski definition) is 7. The summed E-state index contributed by atoms with van der Waals surface area (Å²) in [6, 6.07) is 2.56. The van der Waals surface area contributed by atoms with Gasteiger partial charge in [-0.05, 0) is 42.7 Å². The van der Waals surface area contributed by atoms with Crippen LogP contribution >= 0.6 is 11.3 Å². The molecule has 7 heteroatoms. The highest BCUT2D eigenvalue weighted by molar-refractivity contribution is 7.07. The van der Waals surface area contributed by atoms with Crippen LogP contribution in [0.2, 0.25) is 0 Å². The topological polar surface area (TPSA) is 72.0 Å². The molecule has 2 rings (SSSR count). The number of rotatable bonds is 8. The Kier molecular flexibility index (Phi) is 5.74. The summed E-state index contributed by atoms with van der Waals surface area (Å²) >= 11 is 1.67. The number of nitrogens with one attached hydrogen (secondary N) is 2. The molecule has 1 atom stereocenters. The molecule has 0 bridgehead atoms. The van der Waals surface area contributed by atoms with Crippen molar-refractivity contribution < 1.29 is 4.74 Å². The van der Waals surface area contributed by atoms with Gasteiger partial charge in [-0.1, -0.05) is 6.92 Å². The van der Waals surface area contributed by atoms with Crippen molar-refractivity contribution in [2.24, 2.45) is 0 Å². The molecule has 0 aliphatic heterocycles. The Morgan fingerprint density at radius 3 is 2.71 bits per heavy atom. The number of anilines is 2. The largest absolute Gasteiger partial charge is 0.464 e. The lowest BCUT2D eigenvalue weighted by molar-refractivity contribution is 0.312. The van der Waals surface area contributed by atoms with Gasteiger partial charge in [-0.25, -0.2) is 0 Å². The van der Waals surface area contributed by atoms with E-state index in [1.54, 1.807) is 11.3 Å². The van der Waals surface area contributed by atoms with E-state index in [1.165, 1.54) is 5.56 Å². The molecule has 0 spiro atoms. The molecule has 0 amide bonds. The number of ether oxygens (including phenoxy) is 1. The fourth-order valence-corrected chi connectivity index (χ4v) is 2.48. The van der Waals surface area contributed by atoms with Crippen LogP contribution in [0.3, 0.4) is 0 Å². The monoisotopic (exact) mass is 307 g/mol. The fourth-order valence-electron chi connectivity index (χ4n) is 1.73. The van der Waals surface area contributed by atoms with Gasteiger partial charge in [0.1, 0.15) is 0 Å². The molecular formula is C14H21N5OS. The molecule has 1 unspecified atom stereocenters. The predicted octanol–water partition coefficient (Wildman–Crippen LogP) is 3.33. The lowest BCUT2D eigenvalue weighted by atomic mass is 10.2.